The van der Waals surface area contributed by atoms with E-state index in [0.717, 1.165) is 19.3 Å². The summed E-state index contributed by atoms with van der Waals surface area (Å²) in [7, 11) is 0. The van der Waals surface area contributed by atoms with Crippen molar-refractivity contribution in [3.05, 3.63) is 11.6 Å². The number of hydrogen-bond donors (Lipinski definition) is 0. The van der Waals surface area contributed by atoms with Crippen LogP contribution in [-0.2, 0) is 14.3 Å². The van der Waals surface area contributed by atoms with Crippen molar-refractivity contribution in [2.24, 2.45) is 10.8 Å². The molecule has 3 nitrogen and oxygen atoms in total. The van der Waals surface area contributed by atoms with Gasteiger partial charge in [0, 0.05) is 23.7 Å². The minimum atomic E-state index is -0.477. The Balaban J connectivity index is 2.09. The number of hydrogen-bond acceptors (Lipinski definition) is 3. The summed E-state index contributed by atoms with van der Waals surface area (Å²) in [6.07, 6.45) is 5.60. The van der Waals surface area contributed by atoms with Gasteiger partial charge in [-0.1, -0.05) is 13.0 Å². The highest BCUT2D eigenvalue weighted by Crippen LogP contribution is 2.60. The first-order valence-electron chi connectivity index (χ1n) is 6.95. The zero-order chi connectivity index (χ0) is 13.0. The van der Waals surface area contributed by atoms with E-state index in [4.69, 9.17) is 9.47 Å². The second-order valence-corrected chi connectivity index (χ2v) is 6.49. The van der Waals surface area contributed by atoms with Gasteiger partial charge in [0.15, 0.2) is 5.79 Å². The Morgan fingerprint density at radius 3 is 2.44 bits per heavy atom. The van der Waals surface area contributed by atoms with Crippen molar-refractivity contribution in [3.63, 3.8) is 0 Å². The lowest BCUT2D eigenvalue weighted by Crippen LogP contribution is -2.56. The summed E-state index contributed by atoms with van der Waals surface area (Å²) in [5.74, 6) is -0.129. The third-order valence-electron chi connectivity index (χ3n) is 5.23. The maximum atomic E-state index is 12.2. The number of rotatable bonds is 0. The van der Waals surface area contributed by atoms with E-state index in [2.05, 4.69) is 13.0 Å². The fourth-order valence-corrected chi connectivity index (χ4v) is 4.13. The third-order valence-corrected chi connectivity index (χ3v) is 5.23. The summed E-state index contributed by atoms with van der Waals surface area (Å²) in [5, 5.41) is 0. The van der Waals surface area contributed by atoms with E-state index in [1.54, 1.807) is 0 Å². The van der Waals surface area contributed by atoms with E-state index in [1.165, 1.54) is 5.57 Å². The van der Waals surface area contributed by atoms with Crippen LogP contribution in [0.2, 0.25) is 0 Å². The van der Waals surface area contributed by atoms with Crippen molar-refractivity contribution in [2.75, 3.05) is 13.2 Å². The normalized spacial score (nSPS) is 37.5. The molecular weight excluding hydrogens is 228 g/mol. The van der Waals surface area contributed by atoms with E-state index < -0.39 is 5.79 Å². The van der Waals surface area contributed by atoms with Gasteiger partial charge in [0.05, 0.1) is 13.2 Å². The molecule has 3 heteroatoms. The maximum Gasteiger partial charge on any atom is 0.177 e. The molecule has 3 rings (SSSR count). The number of ether oxygens (including phenoxy) is 2. The van der Waals surface area contributed by atoms with Crippen LogP contribution in [0.25, 0.3) is 0 Å². The fourth-order valence-electron chi connectivity index (χ4n) is 4.13. The summed E-state index contributed by atoms with van der Waals surface area (Å²) in [4.78, 5) is 12.2. The number of Topliss-reactive ketones (excluding diaryl/α,β-unsaturated/α-hetero) is 1. The molecule has 1 aliphatic heterocycles. The van der Waals surface area contributed by atoms with Crippen LogP contribution >= 0.6 is 0 Å². The van der Waals surface area contributed by atoms with Crippen molar-refractivity contribution in [1.82, 2.24) is 0 Å². The molecule has 2 fully saturated rings. The van der Waals surface area contributed by atoms with Crippen molar-refractivity contribution in [3.8, 4) is 0 Å². The van der Waals surface area contributed by atoms with Crippen molar-refractivity contribution < 1.29 is 14.3 Å². The average molecular weight is 250 g/mol. The van der Waals surface area contributed by atoms with Gasteiger partial charge in [0.1, 0.15) is 5.78 Å². The molecule has 1 atom stereocenters. The highest BCUT2D eigenvalue weighted by Gasteiger charge is 2.61. The molecule has 1 heterocycles. The van der Waals surface area contributed by atoms with Crippen LogP contribution in [0.4, 0.5) is 0 Å². The van der Waals surface area contributed by atoms with Gasteiger partial charge in [-0.3, -0.25) is 4.79 Å². The minimum absolute atomic E-state index is 0.140. The van der Waals surface area contributed by atoms with Crippen LogP contribution in [-0.4, -0.2) is 24.8 Å². The molecule has 0 aromatic rings. The predicted molar refractivity (Wildman–Crippen MR) is 68.1 cm³/mol. The lowest BCUT2D eigenvalue weighted by atomic mass is 9.54. The van der Waals surface area contributed by atoms with Gasteiger partial charge in [-0.05, 0) is 32.3 Å². The molecule has 100 valence electrons. The largest absolute Gasteiger partial charge is 0.347 e. The molecule has 1 saturated heterocycles. The zero-order valence-corrected chi connectivity index (χ0v) is 11.5. The fraction of sp³-hybridized carbons (Fsp3) is 0.800. The smallest absolute Gasteiger partial charge is 0.177 e. The first-order valence-corrected chi connectivity index (χ1v) is 6.95. The molecule has 3 aliphatic rings. The highest BCUT2D eigenvalue weighted by atomic mass is 16.7. The Labute approximate surface area is 109 Å². The molecule has 0 bridgehead atoms. The zero-order valence-electron chi connectivity index (χ0n) is 11.5. The quantitative estimate of drug-likeness (QED) is 0.620. The van der Waals surface area contributed by atoms with Crippen LogP contribution in [0.3, 0.4) is 0 Å². The summed E-state index contributed by atoms with van der Waals surface area (Å²) in [5.41, 5.74) is 0.730. The SMILES string of the molecule is CC1(C)C(=O)CC[C@]2(C)C1=CCCC21OCCO1. The molecular formula is C15H22O3. The van der Waals surface area contributed by atoms with Gasteiger partial charge >= 0.3 is 0 Å². The summed E-state index contributed by atoms with van der Waals surface area (Å²) in [6, 6.07) is 0. The topological polar surface area (TPSA) is 35.5 Å². The van der Waals surface area contributed by atoms with Gasteiger partial charge in [-0.2, -0.15) is 0 Å². The van der Waals surface area contributed by atoms with Crippen LogP contribution < -0.4 is 0 Å². The average Bonchev–Trinajstić information content (AvgIpc) is 2.78. The Bertz CT molecular complexity index is 415. The summed E-state index contributed by atoms with van der Waals surface area (Å²) in [6.45, 7) is 7.67. The van der Waals surface area contributed by atoms with Crippen molar-refractivity contribution in [1.29, 1.82) is 0 Å². The van der Waals surface area contributed by atoms with Gasteiger partial charge < -0.3 is 9.47 Å². The highest BCUT2D eigenvalue weighted by molar-refractivity contribution is 5.89. The Morgan fingerprint density at radius 1 is 1.11 bits per heavy atom. The maximum absolute atomic E-state index is 12.2. The molecule has 2 aliphatic carbocycles. The lowest BCUT2D eigenvalue weighted by Gasteiger charge is -2.54. The number of allylic oxidation sites excluding steroid dienone is 1. The first-order chi connectivity index (χ1) is 8.42. The number of carbonyl (C=O) groups is 1. The van der Waals surface area contributed by atoms with Crippen LogP contribution in [0.1, 0.15) is 46.5 Å². The van der Waals surface area contributed by atoms with Gasteiger partial charge in [0.25, 0.3) is 0 Å². The molecule has 1 spiro atoms. The monoisotopic (exact) mass is 250 g/mol. The molecule has 1 saturated carbocycles. The Morgan fingerprint density at radius 2 is 1.78 bits per heavy atom. The number of fused-ring (bicyclic) bond motifs is 2. The second kappa shape index (κ2) is 3.67. The third kappa shape index (κ3) is 1.35. The first kappa shape index (κ1) is 12.4. The number of carbonyl (C=O) groups excluding carboxylic acids is 1. The molecule has 0 aromatic heterocycles. The van der Waals surface area contributed by atoms with Crippen LogP contribution in [0.15, 0.2) is 11.6 Å². The Hall–Kier alpha value is -0.670. The van der Waals surface area contributed by atoms with E-state index >= 15 is 0 Å². The van der Waals surface area contributed by atoms with Crippen LogP contribution in [0.5, 0.6) is 0 Å². The van der Waals surface area contributed by atoms with Gasteiger partial charge in [-0.15, -0.1) is 0 Å². The van der Waals surface area contributed by atoms with Gasteiger partial charge in [0.2, 0.25) is 0 Å². The van der Waals surface area contributed by atoms with E-state index in [0.29, 0.717) is 25.4 Å². The minimum Gasteiger partial charge on any atom is -0.347 e. The summed E-state index contributed by atoms with van der Waals surface area (Å²) >= 11 is 0. The van der Waals surface area contributed by atoms with E-state index in [9.17, 15) is 4.79 Å². The number of ketones is 1. The van der Waals surface area contributed by atoms with Crippen molar-refractivity contribution in [2.45, 2.75) is 52.2 Å². The van der Waals surface area contributed by atoms with E-state index in [1.807, 2.05) is 13.8 Å². The Kier molecular flexibility index (Phi) is 2.52. The molecule has 18 heavy (non-hydrogen) atoms. The standard InChI is InChI=1S/C15H22O3/c1-13(2)11-5-4-7-15(17-9-10-18-15)14(11,3)8-6-12(13)16/h5H,4,6-10H2,1-3H3/t14-/m1/s1. The van der Waals surface area contributed by atoms with Crippen molar-refractivity contribution >= 4 is 5.78 Å². The molecule has 0 radical (unpaired) electrons. The summed E-state index contributed by atoms with van der Waals surface area (Å²) < 4.78 is 12.0. The van der Waals surface area contributed by atoms with Gasteiger partial charge in [-0.25, -0.2) is 0 Å². The molecule has 0 N–H and O–H groups in total. The van der Waals surface area contributed by atoms with E-state index in [-0.39, 0.29) is 10.8 Å². The predicted octanol–water partition coefficient (Wildman–Crippen LogP) is 2.85. The van der Waals surface area contributed by atoms with Crippen LogP contribution in [0, 0.1) is 10.8 Å². The molecule has 0 aromatic carbocycles. The second-order valence-electron chi connectivity index (χ2n) is 6.49. The molecule has 0 unspecified atom stereocenters. The molecule has 0 amide bonds. The lowest BCUT2D eigenvalue weighted by molar-refractivity contribution is -0.237.